The molecule has 16 heavy (non-hydrogen) atoms. The minimum Gasteiger partial charge on any atom is -0.271 e. The van der Waals surface area contributed by atoms with Crippen LogP contribution in [0, 0.1) is 0 Å². The highest BCUT2D eigenvalue weighted by Gasteiger charge is 2.09. The molecule has 0 amide bonds. The summed E-state index contributed by atoms with van der Waals surface area (Å²) < 4.78 is 0.999. The number of nitrogens with one attached hydrogen (secondary N) is 1. The molecule has 3 nitrogen and oxygen atoms in total. The fraction of sp³-hybridized carbons (Fsp3) is 0.583. The molecule has 1 aromatic rings. The van der Waals surface area contributed by atoms with Crippen molar-refractivity contribution in [1.29, 1.82) is 0 Å². The molecule has 0 saturated carbocycles. The van der Waals surface area contributed by atoms with E-state index in [1.165, 1.54) is 25.7 Å². The fourth-order valence-corrected chi connectivity index (χ4v) is 2.12. The van der Waals surface area contributed by atoms with Gasteiger partial charge in [0.05, 0.1) is 0 Å². The van der Waals surface area contributed by atoms with Gasteiger partial charge in [0.1, 0.15) is 0 Å². The molecule has 0 aliphatic carbocycles. The maximum atomic E-state index is 5.58. The molecule has 0 bridgehead atoms. The van der Waals surface area contributed by atoms with Gasteiger partial charge in [-0.15, -0.1) is 0 Å². The smallest absolute Gasteiger partial charge is 0.0475 e. The van der Waals surface area contributed by atoms with E-state index in [0.717, 1.165) is 16.5 Å². The van der Waals surface area contributed by atoms with E-state index >= 15 is 0 Å². The van der Waals surface area contributed by atoms with Crippen LogP contribution in [0.4, 0.5) is 0 Å². The molecule has 3 N–H and O–H groups in total. The average Bonchev–Trinajstić information content (AvgIpc) is 2.29. The van der Waals surface area contributed by atoms with E-state index in [1.807, 2.05) is 6.20 Å². The van der Waals surface area contributed by atoms with E-state index in [2.05, 4.69) is 39.3 Å². The first-order chi connectivity index (χ1) is 7.77. The highest BCUT2D eigenvalue weighted by atomic mass is 79.9. The zero-order chi connectivity index (χ0) is 11.8. The summed E-state index contributed by atoms with van der Waals surface area (Å²) in [6.45, 7) is 2.22. The van der Waals surface area contributed by atoms with Crippen LogP contribution in [0.25, 0.3) is 0 Å². The van der Waals surface area contributed by atoms with Crippen molar-refractivity contribution in [1.82, 2.24) is 10.4 Å². The summed E-state index contributed by atoms with van der Waals surface area (Å²) >= 11 is 3.42. The molecule has 0 fully saturated rings. The lowest BCUT2D eigenvalue weighted by atomic mass is 10.0. The predicted octanol–water partition coefficient (Wildman–Crippen LogP) is 3.32. The Balaban J connectivity index is 2.47. The summed E-state index contributed by atoms with van der Waals surface area (Å²) in [6, 6.07) is 2.28. The number of unbranched alkanes of at least 4 members (excludes halogenated alkanes) is 3. The lowest BCUT2D eigenvalue weighted by Gasteiger charge is -2.15. The van der Waals surface area contributed by atoms with Gasteiger partial charge in [-0.3, -0.25) is 16.3 Å². The van der Waals surface area contributed by atoms with Crippen molar-refractivity contribution in [3.63, 3.8) is 0 Å². The van der Waals surface area contributed by atoms with Crippen LogP contribution in [0.5, 0.6) is 0 Å². The number of aromatic nitrogens is 1. The van der Waals surface area contributed by atoms with Crippen molar-refractivity contribution in [2.75, 3.05) is 0 Å². The maximum absolute atomic E-state index is 5.58. The molecule has 0 spiro atoms. The lowest BCUT2D eigenvalue weighted by molar-refractivity contribution is 0.481. The van der Waals surface area contributed by atoms with E-state index in [4.69, 9.17) is 5.84 Å². The van der Waals surface area contributed by atoms with Crippen molar-refractivity contribution >= 4 is 15.9 Å². The predicted molar refractivity (Wildman–Crippen MR) is 70.8 cm³/mol. The van der Waals surface area contributed by atoms with Crippen molar-refractivity contribution in [3.8, 4) is 0 Å². The third kappa shape index (κ3) is 4.60. The van der Waals surface area contributed by atoms with Crippen LogP contribution in [-0.2, 0) is 0 Å². The molecule has 90 valence electrons. The monoisotopic (exact) mass is 285 g/mol. The van der Waals surface area contributed by atoms with Crippen molar-refractivity contribution < 1.29 is 0 Å². The first-order valence-corrected chi connectivity index (χ1v) is 6.63. The van der Waals surface area contributed by atoms with Gasteiger partial charge in [-0.1, -0.05) is 32.6 Å². The number of halogens is 1. The van der Waals surface area contributed by atoms with Gasteiger partial charge in [0, 0.05) is 22.9 Å². The second kappa shape index (κ2) is 7.76. The Morgan fingerprint density at radius 2 is 2.19 bits per heavy atom. The van der Waals surface area contributed by atoms with Crippen molar-refractivity contribution in [3.05, 3.63) is 28.5 Å². The van der Waals surface area contributed by atoms with Crippen LogP contribution in [0.3, 0.4) is 0 Å². The molecule has 1 unspecified atom stereocenters. The Labute approximate surface area is 106 Å². The Morgan fingerprint density at radius 1 is 1.38 bits per heavy atom. The SMILES string of the molecule is CCCCCCC(NN)c1cncc(Br)c1. The average molecular weight is 286 g/mol. The summed E-state index contributed by atoms with van der Waals surface area (Å²) in [6.07, 6.45) is 9.76. The van der Waals surface area contributed by atoms with E-state index < -0.39 is 0 Å². The maximum Gasteiger partial charge on any atom is 0.0475 e. The van der Waals surface area contributed by atoms with Gasteiger partial charge in [-0.2, -0.15) is 0 Å². The topological polar surface area (TPSA) is 50.9 Å². The molecule has 0 aliphatic heterocycles. The van der Waals surface area contributed by atoms with Gasteiger partial charge in [0.2, 0.25) is 0 Å². The van der Waals surface area contributed by atoms with Gasteiger partial charge in [0.25, 0.3) is 0 Å². The first-order valence-electron chi connectivity index (χ1n) is 5.84. The molecule has 1 aromatic heterocycles. The lowest BCUT2D eigenvalue weighted by Crippen LogP contribution is -2.28. The van der Waals surface area contributed by atoms with Crippen LogP contribution in [0.15, 0.2) is 22.9 Å². The van der Waals surface area contributed by atoms with Crippen LogP contribution in [0.2, 0.25) is 0 Å². The zero-order valence-corrected chi connectivity index (χ0v) is 11.3. The second-order valence-electron chi connectivity index (χ2n) is 4.01. The van der Waals surface area contributed by atoms with E-state index in [1.54, 1.807) is 6.20 Å². The fourth-order valence-electron chi connectivity index (χ4n) is 1.74. The number of hydrogen-bond acceptors (Lipinski definition) is 3. The highest BCUT2D eigenvalue weighted by Crippen LogP contribution is 2.21. The largest absolute Gasteiger partial charge is 0.271 e. The number of pyridine rings is 1. The molecular formula is C12H20BrN3. The van der Waals surface area contributed by atoms with Gasteiger partial charge in [0.15, 0.2) is 0 Å². The summed E-state index contributed by atoms with van der Waals surface area (Å²) in [4.78, 5) is 4.16. The Morgan fingerprint density at radius 3 is 2.81 bits per heavy atom. The molecule has 0 aromatic carbocycles. The molecule has 1 heterocycles. The molecule has 0 radical (unpaired) electrons. The quantitative estimate of drug-likeness (QED) is 0.459. The molecule has 1 rings (SSSR count). The molecule has 4 heteroatoms. The van der Waals surface area contributed by atoms with E-state index in [0.29, 0.717) is 0 Å². The normalized spacial score (nSPS) is 12.7. The number of nitrogens with zero attached hydrogens (tertiary/aromatic N) is 1. The van der Waals surface area contributed by atoms with Gasteiger partial charge < -0.3 is 0 Å². The Kier molecular flexibility index (Phi) is 6.61. The molecule has 0 saturated heterocycles. The summed E-state index contributed by atoms with van der Waals surface area (Å²) in [7, 11) is 0. The molecule has 1 atom stereocenters. The van der Waals surface area contributed by atoms with Crippen LogP contribution in [0.1, 0.15) is 50.6 Å². The molecule has 0 aliphatic rings. The highest BCUT2D eigenvalue weighted by molar-refractivity contribution is 9.10. The van der Waals surface area contributed by atoms with Crippen LogP contribution < -0.4 is 11.3 Å². The zero-order valence-electron chi connectivity index (χ0n) is 9.75. The Hall–Kier alpha value is -0.450. The second-order valence-corrected chi connectivity index (χ2v) is 4.92. The van der Waals surface area contributed by atoms with Crippen molar-refractivity contribution in [2.24, 2.45) is 5.84 Å². The third-order valence-corrected chi connectivity index (χ3v) is 3.11. The standard InChI is InChI=1S/C12H20BrN3/c1-2-3-4-5-6-12(16-14)10-7-11(13)9-15-8-10/h7-9,12,16H,2-6,14H2,1H3. The van der Waals surface area contributed by atoms with Crippen molar-refractivity contribution in [2.45, 2.75) is 45.1 Å². The van der Waals surface area contributed by atoms with E-state index in [9.17, 15) is 0 Å². The van der Waals surface area contributed by atoms with Crippen LogP contribution in [-0.4, -0.2) is 4.98 Å². The summed E-state index contributed by atoms with van der Waals surface area (Å²) in [5.41, 5.74) is 4.01. The van der Waals surface area contributed by atoms with E-state index in [-0.39, 0.29) is 6.04 Å². The Bertz CT molecular complexity index is 304. The van der Waals surface area contributed by atoms with Gasteiger partial charge in [-0.05, 0) is 34.0 Å². The first kappa shape index (κ1) is 13.6. The third-order valence-electron chi connectivity index (χ3n) is 2.68. The summed E-state index contributed by atoms with van der Waals surface area (Å²) in [5.74, 6) is 5.58. The minimum atomic E-state index is 0.210. The number of hydrogen-bond donors (Lipinski definition) is 2. The number of rotatable bonds is 7. The van der Waals surface area contributed by atoms with Crippen LogP contribution >= 0.6 is 15.9 Å². The number of hydrazine groups is 1. The minimum absolute atomic E-state index is 0.210. The summed E-state index contributed by atoms with van der Waals surface area (Å²) in [5, 5.41) is 0. The number of nitrogens with two attached hydrogens (primary N) is 1. The van der Waals surface area contributed by atoms with Gasteiger partial charge in [-0.25, -0.2) is 0 Å². The molecular weight excluding hydrogens is 266 g/mol. The van der Waals surface area contributed by atoms with Gasteiger partial charge >= 0.3 is 0 Å².